The van der Waals surface area contributed by atoms with Gasteiger partial charge in [-0.05, 0) is 24.6 Å². The summed E-state index contributed by atoms with van der Waals surface area (Å²) in [5.74, 6) is -0.268. The lowest BCUT2D eigenvalue weighted by Crippen LogP contribution is -2.07. The van der Waals surface area contributed by atoms with Gasteiger partial charge in [-0.2, -0.15) is 0 Å². The van der Waals surface area contributed by atoms with E-state index in [0.717, 1.165) is 5.56 Å². The third-order valence-electron chi connectivity index (χ3n) is 1.75. The van der Waals surface area contributed by atoms with Crippen molar-refractivity contribution in [2.45, 2.75) is 13.3 Å². The first-order valence-corrected chi connectivity index (χ1v) is 4.36. The molecule has 0 atom stereocenters. The van der Waals surface area contributed by atoms with Crippen molar-refractivity contribution in [1.29, 1.82) is 0 Å². The topological polar surface area (TPSA) is 72.5 Å². The van der Waals surface area contributed by atoms with E-state index in [1.807, 2.05) is 0 Å². The van der Waals surface area contributed by atoms with Gasteiger partial charge in [-0.15, -0.1) is 0 Å². The molecule has 0 amide bonds. The molecule has 0 saturated carbocycles. The van der Waals surface area contributed by atoms with Crippen molar-refractivity contribution in [1.82, 2.24) is 0 Å². The van der Waals surface area contributed by atoms with E-state index in [-0.39, 0.29) is 23.8 Å². The fraction of sp³-hybridized carbons (Fsp3) is 0.300. The van der Waals surface area contributed by atoms with Gasteiger partial charge >= 0.3 is 5.97 Å². The summed E-state index contributed by atoms with van der Waals surface area (Å²) in [5, 5.41) is 9.14. The van der Waals surface area contributed by atoms with E-state index in [1.54, 1.807) is 19.1 Å². The highest BCUT2D eigenvalue weighted by molar-refractivity contribution is 5.73. The molecule has 0 aliphatic rings. The van der Waals surface area contributed by atoms with Gasteiger partial charge in [-0.3, -0.25) is 4.79 Å². The first kappa shape index (κ1) is 10.4. The zero-order chi connectivity index (χ0) is 10.6. The zero-order valence-corrected chi connectivity index (χ0v) is 7.99. The Hall–Kier alpha value is -1.71. The van der Waals surface area contributed by atoms with E-state index >= 15 is 0 Å². The minimum Gasteiger partial charge on any atom is -0.506 e. The van der Waals surface area contributed by atoms with Crippen LogP contribution in [0.25, 0.3) is 0 Å². The van der Waals surface area contributed by atoms with E-state index in [9.17, 15) is 4.79 Å². The number of esters is 1. The lowest BCUT2D eigenvalue weighted by atomic mass is 10.1. The second-order valence-electron chi connectivity index (χ2n) is 2.87. The Bertz CT molecular complexity index is 336. The lowest BCUT2D eigenvalue weighted by Gasteiger charge is -2.03. The summed E-state index contributed by atoms with van der Waals surface area (Å²) < 4.78 is 4.77. The Balaban J connectivity index is 2.68. The van der Waals surface area contributed by atoms with Crippen LogP contribution >= 0.6 is 0 Å². The van der Waals surface area contributed by atoms with Gasteiger partial charge in [0.15, 0.2) is 0 Å². The van der Waals surface area contributed by atoms with Crippen LogP contribution in [0.4, 0.5) is 5.69 Å². The third-order valence-corrected chi connectivity index (χ3v) is 1.75. The molecule has 0 spiro atoms. The molecule has 1 aromatic carbocycles. The molecule has 0 radical (unpaired) electrons. The molecular weight excluding hydrogens is 182 g/mol. The number of ether oxygens (including phenoxy) is 1. The quantitative estimate of drug-likeness (QED) is 0.430. The summed E-state index contributed by atoms with van der Waals surface area (Å²) in [5.41, 5.74) is 6.47. The number of hydrogen-bond donors (Lipinski definition) is 2. The first-order chi connectivity index (χ1) is 6.63. The molecular formula is C10H13NO3. The number of nitrogens with two attached hydrogens (primary N) is 1. The van der Waals surface area contributed by atoms with Crippen molar-refractivity contribution in [3.05, 3.63) is 23.8 Å². The molecule has 0 fully saturated rings. The molecule has 0 bridgehead atoms. The molecule has 0 aliphatic heterocycles. The highest BCUT2D eigenvalue weighted by Crippen LogP contribution is 2.20. The van der Waals surface area contributed by atoms with Gasteiger partial charge < -0.3 is 15.6 Å². The van der Waals surface area contributed by atoms with Crippen molar-refractivity contribution >= 4 is 11.7 Å². The predicted molar refractivity (Wildman–Crippen MR) is 52.9 cm³/mol. The van der Waals surface area contributed by atoms with Crippen molar-refractivity contribution in [3.63, 3.8) is 0 Å². The molecule has 0 saturated heterocycles. The van der Waals surface area contributed by atoms with Gasteiger partial charge in [0.2, 0.25) is 0 Å². The smallest absolute Gasteiger partial charge is 0.310 e. The molecule has 4 nitrogen and oxygen atoms in total. The first-order valence-electron chi connectivity index (χ1n) is 4.36. The molecule has 1 rings (SSSR count). The van der Waals surface area contributed by atoms with Crippen LogP contribution in [0.2, 0.25) is 0 Å². The Labute approximate surface area is 82.3 Å². The summed E-state index contributed by atoms with van der Waals surface area (Å²) in [6, 6.07) is 4.67. The lowest BCUT2D eigenvalue weighted by molar-refractivity contribution is -0.142. The summed E-state index contributed by atoms with van der Waals surface area (Å²) in [6.07, 6.45) is 0.179. The second-order valence-corrected chi connectivity index (χ2v) is 2.87. The van der Waals surface area contributed by atoms with Crippen molar-refractivity contribution in [3.8, 4) is 5.75 Å². The highest BCUT2D eigenvalue weighted by atomic mass is 16.5. The van der Waals surface area contributed by atoms with Crippen LogP contribution in [0.1, 0.15) is 12.5 Å². The molecule has 0 aliphatic carbocycles. The minimum absolute atomic E-state index is 0.0256. The Morgan fingerprint density at radius 3 is 2.86 bits per heavy atom. The molecule has 3 N–H and O–H groups in total. The molecule has 0 aromatic heterocycles. The predicted octanol–water partition coefficient (Wildman–Crippen LogP) is 1.08. The number of rotatable bonds is 3. The largest absolute Gasteiger partial charge is 0.506 e. The van der Waals surface area contributed by atoms with E-state index < -0.39 is 0 Å². The Morgan fingerprint density at radius 1 is 1.57 bits per heavy atom. The van der Waals surface area contributed by atoms with E-state index in [0.29, 0.717) is 6.61 Å². The Kier molecular flexibility index (Phi) is 3.34. The van der Waals surface area contributed by atoms with Gasteiger partial charge in [0.05, 0.1) is 18.7 Å². The van der Waals surface area contributed by atoms with Crippen LogP contribution in [0.15, 0.2) is 18.2 Å². The average molecular weight is 195 g/mol. The highest BCUT2D eigenvalue weighted by Gasteiger charge is 2.05. The van der Waals surface area contributed by atoms with Crippen LogP contribution in [-0.4, -0.2) is 17.7 Å². The molecule has 1 aromatic rings. The molecule has 0 heterocycles. The van der Waals surface area contributed by atoms with Gasteiger partial charge in [-0.25, -0.2) is 0 Å². The van der Waals surface area contributed by atoms with Crippen LogP contribution in [0, 0.1) is 0 Å². The molecule has 0 unspecified atom stereocenters. The maximum atomic E-state index is 11.1. The maximum Gasteiger partial charge on any atom is 0.310 e. The monoisotopic (exact) mass is 195 g/mol. The number of aromatic hydroxyl groups is 1. The minimum atomic E-state index is -0.294. The molecule has 14 heavy (non-hydrogen) atoms. The van der Waals surface area contributed by atoms with Crippen LogP contribution < -0.4 is 5.73 Å². The van der Waals surface area contributed by atoms with Gasteiger partial charge in [-0.1, -0.05) is 6.07 Å². The maximum absolute atomic E-state index is 11.1. The van der Waals surface area contributed by atoms with Gasteiger partial charge in [0, 0.05) is 0 Å². The van der Waals surface area contributed by atoms with E-state index in [1.165, 1.54) is 6.07 Å². The summed E-state index contributed by atoms with van der Waals surface area (Å²) >= 11 is 0. The second kappa shape index (κ2) is 4.50. The fourth-order valence-electron chi connectivity index (χ4n) is 1.09. The number of phenolic OH excluding ortho intramolecular Hbond substituents is 1. The normalized spacial score (nSPS) is 9.79. The van der Waals surface area contributed by atoms with E-state index in [4.69, 9.17) is 15.6 Å². The van der Waals surface area contributed by atoms with Crippen molar-refractivity contribution in [2.75, 3.05) is 12.3 Å². The number of hydrogen-bond acceptors (Lipinski definition) is 4. The third kappa shape index (κ3) is 2.65. The number of benzene rings is 1. The van der Waals surface area contributed by atoms with Crippen LogP contribution in [0.5, 0.6) is 5.75 Å². The number of anilines is 1. The van der Waals surface area contributed by atoms with Gasteiger partial charge in [0.1, 0.15) is 5.75 Å². The van der Waals surface area contributed by atoms with Crippen LogP contribution in [-0.2, 0) is 16.0 Å². The molecule has 76 valence electrons. The Morgan fingerprint density at radius 2 is 2.29 bits per heavy atom. The fourth-order valence-corrected chi connectivity index (χ4v) is 1.09. The number of carbonyl (C=O) groups excluding carboxylic acids is 1. The average Bonchev–Trinajstić information content (AvgIpc) is 2.12. The number of phenols is 1. The SMILES string of the molecule is CCOC(=O)Cc1ccc(O)c(N)c1. The standard InChI is InChI=1S/C10H13NO3/c1-2-14-10(13)6-7-3-4-9(12)8(11)5-7/h3-5,12H,2,6,11H2,1H3. The van der Waals surface area contributed by atoms with Crippen LogP contribution in [0.3, 0.4) is 0 Å². The summed E-state index contributed by atoms with van der Waals surface area (Å²) in [4.78, 5) is 11.1. The van der Waals surface area contributed by atoms with Gasteiger partial charge in [0.25, 0.3) is 0 Å². The summed E-state index contributed by atoms with van der Waals surface area (Å²) in [7, 11) is 0. The van der Waals surface area contributed by atoms with Crippen molar-refractivity contribution < 1.29 is 14.6 Å². The zero-order valence-electron chi connectivity index (χ0n) is 7.99. The summed E-state index contributed by atoms with van der Waals surface area (Å²) in [6.45, 7) is 2.12. The number of carbonyl (C=O) groups is 1. The number of nitrogen functional groups attached to an aromatic ring is 1. The molecule has 4 heteroatoms. The van der Waals surface area contributed by atoms with E-state index in [2.05, 4.69) is 0 Å². The van der Waals surface area contributed by atoms with Crippen molar-refractivity contribution in [2.24, 2.45) is 0 Å².